The molecule has 0 fully saturated rings. The number of benzene rings is 1. The molecule has 1 aromatic carbocycles. The molecular formula is C15H16N2O. The summed E-state index contributed by atoms with van der Waals surface area (Å²) in [6.07, 6.45) is 5.16. The molecule has 92 valence electrons. The van der Waals surface area contributed by atoms with Gasteiger partial charge >= 0.3 is 0 Å². The number of hydrogen-bond donors (Lipinski definition) is 0. The van der Waals surface area contributed by atoms with Crippen LogP contribution >= 0.6 is 0 Å². The van der Waals surface area contributed by atoms with E-state index in [1.54, 1.807) is 18.6 Å². The fraction of sp³-hybridized carbons (Fsp3) is 0.133. The highest BCUT2D eigenvalue weighted by Gasteiger charge is 2.15. The Kier molecular flexibility index (Phi) is 3.44. The van der Waals surface area contributed by atoms with Gasteiger partial charge in [0, 0.05) is 24.5 Å². The van der Waals surface area contributed by atoms with Crippen LogP contribution < -0.4 is 9.59 Å². The molecule has 0 atom stereocenters. The Morgan fingerprint density at radius 1 is 1.06 bits per heavy atom. The van der Waals surface area contributed by atoms with Crippen molar-refractivity contribution >= 4 is 11.4 Å². The van der Waals surface area contributed by atoms with Crippen molar-refractivity contribution in [2.24, 2.45) is 0 Å². The molecule has 0 amide bonds. The molecule has 18 heavy (non-hydrogen) atoms. The Morgan fingerprint density at radius 2 is 1.67 bits per heavy atom. The second-order valence-corrected chi connectivity index (χ2v) is 4.60. The summed E-state index contributed by atoms with van der Waals surface area (Å²) in [7, 11) is 3.94. The molecule has 0 spiro atoms. The smallest absolute Gasteiger partial charge is 0.140 e. The van der Waals surface area contributed by atoms with Crippen molar-refractivity contribution in [3.8, 4) is 0 Å². The molecule has 0 saturated heterocycles. The Hall–Kier alpha value is -2.13. The molecule has 0 aliphatic heterocycles. The Balaban J connectivity index is 2.32. The summed E-state index contributed by atoms with van der Waals surface area (Å²) >= 11 is 0. The average Bonchev–Trinajstić information content (AvgIpc) is 2.40. The van der Waals surface area contributed by atoms with Crippen LogP contribution in [-0.4, -0.2) is 19.1 Å². The molecule has 0 saturated carbocycles. The van der Waals surface area contributed by atoms with Crippen molar-refractivity contribution in [3.05, 3.63) is 66.6 Å². The first-order valence-corrected chi connectivity index (χ1v) is 5.79. The molecule has 3 heteroatoms. The first-order valence-electron chi connectivity index (χ1n) is 5.79. The maximum atomic E-state index is 12.1. The molecule has 2 rings (SSSR count). The Labute approximate surface area is 107 Å². The summed E-state index contributed by atoms with van der Waals surface area (Å²) in [4.78, 5) is 3.99. The molecule has 1 aromatic heterocycles. The van der Waals surface area contributed by atoms with E-state index in [1.807, 2.05) is 56.6 Å². The number of hydrogen-bond acceptors (Lipinski definition) is 2. The van der Waals surface area contributed by atoms with Crippen LogP contribution in [-0.2, 0) is 0 Å². The Morgan fingerprint density at radius 3 is 2.28 bits per heavy atom. The summed E-state index contributed by atoms with van der Waals surface area (Å²) in [5.41, 5.74) is 1.73. The fourth-order valence-electron chi connectivity index (χ4n) is 1.77. The van der Waals surface area contributed by atoms with Crippen LogP contribution in [0.2, 0.25) is 0 Å². The zero-order chi connectivity index (χ0) is 13.0. The van der Waals surface area contributed by atoms with Crippen molar-refractivity contribution in [2.75, 3.05) is 14.1 Å². The topological polar surface area (TPSA) is 36.0 Å². The normalized spacial score (nSPS) is 12.4. The van der Waals surface area contributed by atoms with Crippen molar-refractivity contribution in [1.29, 1.82) is 0 Å². The molecule has 2 aromatic rings. The predicted octanol–water partition coefficient (Wildman–Crippen LogP) is 2.01. The summed E-state index contributed by atoms with van der Waals surface area (Å²) in [6, 6.07) is 13.1. The molecule has 3 nitrogen and oxygen atoms in total. The third kappa shape index (κ3) is 2.76. The van der Waals surface area contributed by atoms with Crippen molar-refractivity contribution in [3.63, 3.8) is 0 Å². The van der Waals surface area contributed by atoms with Crippen LogP contribution in [0.5, 0.6) is 0 Å². The lowest BCUT2D eigenvalue weighted by molar-refractivity contribution is -0.244. The van der Waals surface area contributed by atoms with E-state index < -0.39 is 0 Å². The molecule has 0 unspecified atom stereocenters. The average molecular weight is 240 g/mol. The van der Waals surface area contributed by atoms with Crippen molar-refractivity contribution in [1.82, 2.24) is 9.47 Å². The van der Waals surface area contributed by atoms with E-state index in [0.29, 0.717) is 10.0 Å². The minimum absolute atomic E-state index is 0.0254. The van der Waals surface area contributed by atoms with Gasteiger partial charge in [0.2, 0.25) is 0 Å². The predicted molar refractivity (Wildman–Crippen MR) is 72.3 cm³/mol. The standard InChI is InChI=1S/C15H16N2O/c1-17(2,14-8-10-16-11-9-14)12-15(18)13-6-4-3-5-7-13/h3-12H,1-2H3/b15-12-. The molecule has 0 radical (unpaired) electrons. The fourth-order valence-corrected chi connectivity index (χ4v) is 1.77. The Bertz CT molecular complexity index is 533. The van der Waals surface area contributed by atoms with Gasteiger partial charge < -0.3 is 5.11 Å². The third-order valence-corrected chi connectivity index (χ3v) is 2.83. The van der Waals surface area contributed by atoms with E-state index in [1.165, 1.54) is 0 Å². The van der Waals surface area contributed by atoms with E-state index >= 15 is 0 Å². The highest BCUT2D eigenvalue weighted by atomic mass is 16.3. The van der Waals surface area contributed by atoms with Gasteiger partial charge in [-0.2, -0.15) is 0 Å². The third-order valence-electron chi connectivity index (χ3n) is 2.83. The lowest BCUT2D eigenvalue weighted by Gasteiger charge is -2.27. The van der Waals surface area contributed by atoms with Gasteiger partial charge in [0.15, 0.2) is 0 Å². The quantitative estimate of drug-likeness (QED) is 0.607. The molecule has 0 N–H and O–H groups in total. The first-order chi connectivity index (χ1) is 8.59. The van der Waals surface area contributed by atoms with E-state index in [4.69, 9.17) is 0 Å². The highest BCUT2D eigenvalue weighted by Crippen LogP contribution is 2.20. The van der Waals surface area contributed by atoms with Gasteiger partial charge in [-0.15, -0.1) is 0 Å². The van der Waals surface area contributed by atoms with E-state index in [-0.39, 0.29) is 5.76 Å². The number of rotatable bonds is 3. The second kappa shape index (κ2) is 5.02. The van der Waals surface area contributed by atoms with Gasteiger partial charge in [-0.3, -0.25) is 9.47 Å². The van der Waals surface area contributed by atoms with Crippen LogP contribution in [0.1, 0.15) is 5.56 Å². The van der Waals surface area contributed by atoms with Gasteiger partial charge in [-0.05, 0) is 11.3 Å². The van der Waals surface area contributed by atoms with Crippen LogP contribution in [0, 0.1) is 0 Å². The lowest BCUT2D eigenvalue weighted by Crippen LogP contribution is -2.35. The van der Waals surface area contributed by atoms with Gasteiger partial charge in [0.25, 0.3) is 0 Å². The van der Waals surface area contributed by atoms with E-state index in [9.17, 15) is 5.11 Å². The van der Waals surface area contributed by atoms with Crippen LogP contribution in [0.4, 0.5) is 5.69 Å². The second-order valence-electron chi connectivity index (χ2n) is 4.60. The molecule has 1 heterocycles. The summed E-state index contributed by atoms with van der Waals surface area (Å²) in [5.74, 6) is 0.0254. The molecule has 0 aliphatic rings. The summed E-state index contributed by atoms with van der Waals surface area (Å²) in [5, 5.41) is 12.1. The zero-order valence-electron chi connectivity index (χ0n) is 10.6. The summed E-state index contributed by atoms with van der Waals surface area (Å²) in [6.45, 7) is 0. The monoisotopic (exact) mass is 240 g/mol. The largest absolute Gasteiger partial charge is 0.868 e. The maximum Gasteiger partial charge on any atom is 0.140 e. The van der Waals surface area contributed by atoms with Gasteiger partial charge in [-0.1, -0.05) is 30.3 Å². The minimum atomic E-state index is 0.0254. The number of aromatic nitrogens is 1. The molecule has 0 aliphatic carbocycles. The van der Waals surface area contributed by atoms with Crippen molar-refractivity contribution < 1.29 is 5.11 Å². The maximum absolute atomic E-state index is 12.1. The SMILES string of the molecule is C[N+](C)(/C=C(\[O-])c1ccccc1)c1ccncc1. The van der Waals surface area contributed by atoms with Gasteiger partial charge in [0.1, 0.15) is 5.69 Å². The highest BCUT2D eigenvalue weighted by molar-refractivity contribution is 5.59. The van der Waals surface area contributed by atoms with Crippen LogP contribution in [0.25, 0.3) is 5.76 Å². The number of pyridine rings is 1. The lowest BCUT2D eigenvalue weighted by atomic mass is 10.2. The van der Waals surface area contributed by atoms with E-state index in [0.717, 1.165) is 5.69 Å². The number of nitrogens with zero attached hydrogens (tertiary/aromatic N) is 2. The zero-order valence-corrected chi connectivity index (χ0v) is 10.6. The van der Waals surface area contributed by atoms with Gasteiger partial charge in [0.05, 0.1) is 20.3 Å². The molecule has 0 bridgehead atoms. The number of quaternary nitrogens is 1. The van der Waals surface area contributed by atoms with Crippen LogP contribution in [0.15, 0.2) is 61.1 Å². The van der Waals surface area contributed by atoms with Gasteiger partial charge in [-0.25, -0.2) is 0 Å². The minimum Gasteiger partial charge on any atom is -0.868 e. The molecular weight excluding hydrogens is 224 g/mol. The van der Waals surface area contributed by atoms with Crippen molar-refractivity contribution in [2.45, 2.75) is 0 Å². The van der Waals surface area contributed by atoms with E-state index in [2.05, 4.69) is 4.98 Å². The summed E-state index contributed by atoms with van der Waals surface area (Å²) < 4.78 is 0.399. The first kappa shape index (κ1) is 12.3. The van der Waals surface area contributed by atoms with Crippen LogP contribution in [0.3, 0.4) is 0 Å².